The van der Waals surface area contributed by atoms with Crippen LogP contribution in [-0.2, 0) is 11.3 Å². The number of nitrogens with one attached hydrogen (secondary N) is 2. The SMILES string of the molecule is CC(CN(C)C(=O)NCc1cccc(NC(=O)c2ccccc2)c1)C(=O)O. The summed E-state index contributed by atoms with van der Waals surface area (Å²) in [7, 11) is 1.55. The highest BCUT2D eigenvalue weighted by molar-refractivity contribution is 6.04. The van der Waals surface area contributed by atoms with E-state index in [0.29, 0.717) is 11.3 Å². The molecule has 7 heteroatoms. The maximum absolute atomic E-state index is 12.2. The molecule has 0 aliphatic carbocycles. The van der Waals surface area contributed by atoms with E-state index in [9.17, 15) is 14.4 Å². The fourth-order valence-corrected chi connectivity index (χ4v) is 2.44. The van der Waals surface area contributed by atoms with Gasteiger partial charge in [-0.2, -0.15) is 0 Å². The molecule has 0 spiro atoms. The molecule has 0 heterocycles. The summed E-state index contributed by atoms with van der Waals surface area (Å²) in [6, 6.07) is 15.7. The molecular formula is C20H23N3O4. The van der Waals surface area contributed by atoms with Crippen LogP contribution in [0, 0.1) is 5.92 Å². The number of carboxylic acid groups (broad SMARTS) is 1. The van der Waals surface area contributed by atoms with Gasteiger partial charge in [0.2, 0.25) is 0 Å². The van der Waals surface area contributed by atoms with Crippen LogP contribution in [0.25, 0.3) is 0 Å². The van der Waals surface area contributed by atoms with Crippen molar-refractivity contribution in [3.63, 3.8) is 0 Å². The first kappa shape index (κ1) is 20.0. The smallest absolute Gasteiger partial charge is 0.317 e. The summed E-state index contributed by atoms with van der Waals surface area (Å²) in [6.45, 7) is 1.93. The van der Waals surface area contributed by atoms with E-state index in [0.717, 1.165) is 5.56 Å². The van der Waals surface area contributed by atoms with Gasteiger partial charge in [-0.05, 0) is 29.8 Å². The van der Waals surface area contributed by atoms with Crippen LogP contribution in [0.5, 0.6) is 0 Å². The molecule has 142 valence electrons. The Morgan fingerprint density at radius 3 is 2.44 bits per heavy atom. The van der Waals surface area contributed by atoms with E-state index in [1.807, 2.05) is 12.1 Å². The van der Waals surface area contributed by atoms with E-state index < -0.39 is 11.9 Å². The molecule has 0 radical (unpaired) electrons. The molecule has 1 atom stereocenters. The van der Waals surface area contributed by atoms with Crippen molar-refractivity contribution in [1.29, 1.82) is 0 Å². The third-order valence-corrected chi connectivity index (χ3v) is 3.98. The lowest BCUT2D eigenvalue weighted by Crippen LogP contribution is -2.40. The van der Waals surface area contributed by atoms with Gasteiger partial charge in [-0.25, -0.2) is 4.79 Å². The monoisotopic (exact) mass is 369 g/mol. The second-order valence-electron chi connectivity index (χ2n) is 6.30. The number of nitrogens with zero attached hydrogens (tertiary/aromatic N) is 1. The Balaban J connectivity index is 1.91. The van der Waals surface area contributed by atoms with Crippen LogP contribution in [0.1, 0.15) is 22.8 Å². The summed E-state index contributed by atoms with van der Waals surface area (Å²) >= 11 is 0. The van der Waals surface area contributed by atoms with Gasteiger partial charge in [-0.1, -0.05) is 37.3 Å². The minimum atomic E-state index is -0.948. The number of amides is 3. The van der Waals surface area contributed by atoms with Crippen LogP contribution in [-0.4, -0.2) is 41.5 Å². The fourth-order valence-electron chi connectivity index (χ4n) is 2.44. The molecule has 7 nitrogen and oxygen atoms in total. The lowest BCUT2D eigenvalue weighted by atomic mass is 10.1. The van der Waals surface area contributed by atoms with Crippen LogP contribution in [0.2, 0.25) is 0 Å². The zero-order valence-electron chi connectivity index (χ0n) is 15.3. The Labute approximate surface area is 158 Å². The standard InChI is InChI=1S/C20H23N3O4/c1-14(19(25)26)13-23(2)20(27)21-12-15-7-6-10-17(11-15)22-18(24)16-8-4-3-5-9-16/h3-11,14H,12-13H2,1-2H3,(H,21,27)(H,22,24)(H,25,26). The summed E-state index contributed by atoms with van der Waals surface area (Å²) < 4.78 is 0. The second-order valence-corrected chi connectivity index (χ2v) is 6.30. The van der Waals surface area contributed by atoms with Crippen molar-refractivity contribution in [1.82, 2.24) is 10.2 Å². The van der Waals surface area contributed by atoms with Gasteiger partial charge >= 0.3 is 12.0 Å². The molecule has 0 aliphatic heterocycles. The maximum atomic E-state index is 12.2. The predicted octanol–water partition coefficient (Wildman–Crippen LogP) is 2.80. The Hall–Kier alpha value is -3.35. The molecule has 0 saturated heterocycles. The highest BCUT2D eigenvalue weighted by atomic mass is 16.4. The normalized spacial score (nSPS) is 11.3. The Morgan fingerprint density at radius 1 is 1.07 bits per heavy atom. The zero-order chi connectivity index (χ0) is 19.8. The van der Waals surface area contributed by atoms with E-state index in [2.05, 4.69) is 10.6 Å². The largest absolute Gasteiger partial charge is 0.481 e. The van der Waals surface area contributed by atoms with Crippen LogP contribution in [0.3, 0.4) is 0 Å². The van der Waals surface area contributed by atoms with Crippen molar-refractivity contribution in [2.24, 2.45) is 5.92 Å². The molecule has 0 aromatic heterocycles. The number of aliphatic carboxylic acids is 1. The molecule has 1 unspecified atom stereocenters. The second kappa shape index (κ2) is 9.38. The first-order valence-corrected chi connectivity index (χ1v) is 8.54. The number of carbonyl (C=O) groups excluding carboxylic acids is 2. The van der Waals surface area contributed by atoms with Crippen molar-refractivity contribution >= 4 is 23.6 Å². The first-order chi connectivity index (χ1) is 12.9. The van der Waals surface area contributed by atoms with Crippen molar-refractivity contribution in [3.8, 4) is 0 Å². The number of hydrogen-bond donors (Lipinski definition) is 3. The minimum Gasteiger partial charge on any atom is -0.481 e. The van der Waals surface area contributed by atoms with E-state index in [1.54, 1.807) is 56.4 Å². The molecule has 0 bridgehead atoms. The van der Waals surface area contributed by atoms with E-state index in [-0.39, 0.29) is 25.0 Å². The average Bonchev–Trinajstić information content (AvgIpc) is 2.66. The molecule has 3 N–H and O–H groups in total. The average molecular weight is 369 g/mol. The Kier molecular flexibility index (Phi) is 6.93. The maximum Gasteiger partial charge on any atom is 0.317 e. The molecule has 2 aromatic rings. The Bertz CT molecular complexity index is 808. The first-order valence-electron chi connectivity index (χ1n) is 8.54. The van der Waals surface area contributed by atoms with Gasteiger partial charge in [-0.15, -0.1) is 0 Å². The third kappa shape index (κ3) is 6.14. The molecule has 0 saturated carbocycles. The van der Waals surface area contributed by atoms with Gasteiger partial charge in [-0.3, -0.25) is 9.59 Å². The lowest BCUT2D eigenvalue weighted by molar-refractivity contribution is -0.141. The third-order valence-electron chi connectivity index (χ3n) is 3.98. The Morgan fingerprint density at radius 2 is 1.78 bits per heavy atom. The van der Waals surface area contributed by atoms with Gasteiger partial charge in [0.05, 0.1) is 5.92 Å². The number of urea groups is 1. The molecule has 2 rings (SSSR count). The van der Waals surface area contributed by atoms with Gasteiger partial charge in [0.1, 0.15) is 0 Å². The van der Waals surface area contributed by atoms with Crippen LogP contribution >= 0.6 is 0 Å². The number of carbonyl (C=O) groups is 3. The summed E-state index contributed by atoms with van der Waals surface area (Å²) in [5, 5.41) is 14.5. The van der Waals surface area contributed by atoms with Crippen molar-refractivity contribution in [2.45, 2.75) is 13.5 Å². The highest BCUT2D eigenvalue weighted by Crippen LogP contribution is 2.12. The molecule has 0 aliphatic rings. The molecule has 3 amide bonds. The summed E-state index contributed by atoms with van der Waals surface area (Å²) in [5.74, 6) is -1.80. The molecule has 27 heavy (non-hydrogen) atoms. The topological polar surface area (TPSA) is 98.7 Å². The van der Waals surface area contributed by atoms with Gasteiger partial charge in [0.15, 0.2) is 0 Å². The van der Waals surface area contributed by atoms with Crippen LogP contribution < -0.4 is 10.6 Å². The van der Waals surface area contributed by atoms with Gasteiger partial charge in [0.25, 0.3) is 5.91 Å². The van der Waals surface area contributed by atoms with Crippen molar-refractivity contribution < 1.29 is 19.5 Å². The van der Waals surface area contributed by atoms with E-state index in [1.165, 1.54) is 4.90 Å². The highest BCUT2D eigenvalue weighted by Gasteiger charge is 2.17. The zero-order valence-corrected chi connectivity index (χ0v) is 15.3. The minimum absolute atomic E-state index is 0.119. The fraction of sp³-hybridized carbons (Fsp3) is 0.250. The summed E-state index contributed by atoms with van der Waals surface area (Å²) in [6.07, 6.45) is 0. The number of anilines is 1. The van der Waals surface area contributed by atoms with E-state index >= 15 is 0 Å². The predicted molar refractivity (Wildman–Crippen MR) is 103 cm³/mol. The van der Waals surface area contributed by atoms with Gasteiger partial charge < -0.3 is 20.6 Å². The molecule has 2 aromatic carbocycles. The number of hydrogen-bond acceptors (Lipinski definition) is 3. The van der Waals surface area contributed by atoms with E-state index in [4.69, 9.17) is 5.11 Å². The quantitative estimate of drug-likeness (QED) is 0.699. The van der Waals surface area contributed by atoms with Crippen LogP contribution in [0.4, 0.5) is 10.5 Å². The molecule has 0 fully saturated rings. The molecular weight excluding hydrogens is 346 g/mol. The van der Waals surface area contributed by atoms with Crippen molar-refractivity contribution in [3.05, 3.63) is 65.7 Å². The summed E-state index contributed by atoms with van der Waals surface area (Å²) in [5.41, 5.74) is 2.00. The number of benzene rings is 2. The van der Waals surface area contributed by atoms with Gasteiger partial charge in [0, 0.05) is 31.4 Å². The lowest BCUT2D eigenvalue weighted by Gasteiger charge is -2.20. The summed E-state index contributed by atoms with van der Waals surface area (Å²) in [4.78, 5) is 36.5. The number of rotatable bonds is 7. The van der Waals surface area contributed by atoms with Crippen LogP contribution in [0.15, 0.2) is 54.6 Å². The number of carboxylic acids is 1. The van der Waals surface area contributed by atoms with Crippen molar-refractivity contribution in [2.75, 3.05) is 18.9 Å².